The molecule has 0 saturated heterocycles. The molecular weight excluding hydrogens is 210 g/mol. The second kappa shape index (κ2) is 4.05. The largest absolute Gasteiger partial charge is 0.324 e. The van der Waals surface area contributed by atoms with Gasteiger partial charge in [0.25, 0.3) is 5.24 Å². The third kappa shape index (κ3) is 2.51. The van der Waals surface area contributed by atoms with Gasteiger partial charge in [0.05, 0.1) is 0 Å². The van der Waals surface area contributed by atoms with Crippen molar-refractivity contribution in [3.63, 3.8) is 0 Å². The lowest BCUT2D eigenvalue weighted by Crippen LogP contribution is -2.27. The minimum absolute atomic E-state index is 0.437. The maximum absolute atomic E-state index is 12.9. The van der Waals surface area contributed by atoms with Crippen molar-refractivity contribution in [2.45, 2.75) is 19.3 Å². The number of aryl methyl sites for hydroxylation is 1. The fourth-order valence-electron chi connectivity index (χ4n) is 1.12. The smallest absolute Gasteiger partial charge is 0.274 e. The minimum atomic E-state index is -3.48. The first kappa shape index (κ1) is 11.1. The van der Waals surface area contributed by atoms with Crippen LogP contribution in [0.25, 0.3) is 0 Å². The second-order valence-electron chi connectivity index (χ2n) is 3.08. The van der Waals surface area contributed by atoms with Crippen LogP contribution in [0.4, 0.5) is 8.78 Å². The van der Waals surface area contributed by atoms with Gasteiger partial charge in [-0.1, -0.05) is 24.3 Å². The van der Waals surface area contributed by atoms with Gasteiger partial charge in [-0.3, -0.25) is 4.79 Å². The zero-order valence-corrected chi connectivity index (χ0v) is 8.31. The van der Waals surface area contributed by atoms with E-state index in [1.54, 1.807) is 31.2 Å². The van der Waals surface area contributed by atoms with Crippen LogP contribution >= 0.6 is 11.6 Å². The molecule has 0 aliphatic heterocycles. The Balaban J connectivity index is 2.89. The molecule has 0 heterocycles. The summed E-state index contributed by atoms with van der Waals surface area (Å²) in [6, 6.07) is 6.67. The number of halogens is 3. The highest BCUT2D eigenvalue weighted by Gasteiger charge is 2.37. The van der Waals surface area contributed by atoms with Crippen molar-refractivity contribution in [1.82, 2.24) is 0 Å². The molecule has 0 spiro atoms. The van der Waals surface area contributed by atoms with Crippen LogP contribution in [0.2, 0.25) is 0 Å². The summed E-state index contributed by atoms with van der Waals surface area (Å²) in [4.78, 5) is 10.4. The molecule has 1 aromatic rings. The molecule has 4 heteroatoms. The first-order valence-electron chi connectivity index (χ1n) is 4.06. The van der Waals surface area contributed by atoms with E-state index in [-0.39, 0.29) is 0 Å². The molecule has 0 radical (unpaired) electrons. The summed E-state index contributed by atoms with van der Waals surface area (Å²) in [6.07, 6.45) is -0.637. The third-order valence-corrected chi connectivity index (χ3v) is 2.24. The van der Waals surface area contributed by atoms with E-state index in [4.69, 9.17) is 11.6 Å². The van der Waals surface area contributed by atoms with Crippen molar-refractivity contribution in [1.29, 1.82) is 0 Å². The Morgan fingerprint density at radius 1 is 1.43 bits per heavy atom. The number of hydrogen-bond acceptors (Lipinski definition) is 1. The monoisotopic (exact) mass is 218 g/mol. The molecule has 1 nitrogen and oxygen atoms in total. The Bertz CT molecular complexity index is 350. The van der Waals surface area contributed by atoms with E-state index >= 15 is 0 Å². The SMILES string of the molecule is Cc1ccccc1CC(F)(F)C(=O)Cl. The second-order valence-corrected chi connectivity index (χ2v) is 3.42. The van der Waals surface area contributed by atoms with Gasteiger partial charge in [0.15, 0.2) is 0 Å². The molecule has 0 aliphatic rings. The Hall–Kier alpha value is -0.960. The fraction of sp³-hybridized carbons (Fsp3) is 0.300. The molecule has 0 unspecified atom stereocenters. The van der Waals surface area contributed by atoms with Crippen LogP contribution in [-0.4, -0.2) is 11.2 Å². The zero-order valence-electron chi connectivity index (χ0n) is 7.56. The lowest BCUT2D eigenvalue weighted by Gasteiger charge is -2.12. The minimum Gasteiger partial charge on any atom is -0.274 e. The molecule has 0 saturated carbocycles. The van der Waals surface area contributed by atoms with E-state index in [1.165, 1.54) is 0 Å². The van der Waals surface area contributed by atoms with Crippen molar-refractivity contribution in [2.75, 3.05) is 0 Å². The van der Waals surface area contributed by atoms with E-state index in [0.717, 1.165) is 5.56 Å². The zero-order chi connectivity index (χ0) is 10.8. The highest BCUT2D eigenvalue weighted by atomic mass is 35.5. The van der Waals surface area contributed by atoms with Crippen molar-refractivity contribution in [3.05, 3.63) is 35.4 Å². The Kier molecular flexibility index (Phi) is 3.21. The molecule has 14 heavy (non-hydrogen) atoms. The van der Waals surface area contributed by atoms with Crippen LogP contribution in [0.5, 0.6) is 0 Å². The summed E-state index contributed by atoms with van der Waals surface area (Å²) in [5, 5.41) is -1.61. The van der Waals surface area contributed by atoms with Crippen LogP contribution in [0.3, 0.4) is 0 Å². The van der Waals surface area contributed by atoms with Crippen LogP contribution < -0.4 is 0 Å². The van der Waals surface area contributed by atoms with Gasteiger partial charge in [-0.25, -0.2) is 0 Å². The van der Waals surface area contributed by atoms with Gasteiger partial charge in [0.1, 0.15) is 0 Å². The predicted molar refractivity (Wildman–Crippen MR) is 50.7 cm³/mol. The van der Waals surface area contributed by atoms with Crippen molar-refractivity contribution < 1.29 is 13.6 Å². The van der Waals surface area contributed by atoms with Crippen molar-refractivity contribution in [2.24, 2.45) is 0 Å². The molecular formula is C10H9ClF2O. The van der Waals surface area contributed by atoms with E-state index < -0.39 is 17.6 Å². The maximum atomic E-state index is 12.9. The van der Waals surface area contributed by atoms with Gasteiger partial charge in [-0.2, -0.15) is 8.78 Å². The number of rotatable bonds is 3. The van der Waals surface area contributed by atoms with E-state index in [1.807, 2.05) is 0 Å². The number of benzene rings is 1. The van der Waals surface area contributed by atoms with Gasteiger partial charge in [0.2, 0.25) is 0 Å². The fourth-order valence-corrected chi connectivity index (χ4v) is 1.18. The van der Waals surface area contributed by atoms with Gasteiger partial charge < -0.3 is 0 Å². The topological polar surface area (TPSA) is 17.1 Å². The summed E-state index contributed by atoms with van der Waals surface area (Å²) in [7, 11) is 0. The third-order valence-electron chi connectivity index (χ3n) is 1.96. The number of carbonyl (C=O) groups excluding carboxylic acids is 1. The normalized spacial score (nSPS) is 11.4. The average Bonchev–Trinajstić information content (AvgIpc) is 2.08. The van der Waals surface area contributed by atoms with Crippen LogP contribution in [-0.2, 0) is 11.2 Å². The molecule has 0 aromatic heterocycles. The molecule has 0 N–H and O–H groups in total. The molecule has 0 fully saturated rings. The van der Waals surface area contributed by atoms with Gasteiger partial charge in [0, 0.05) is 6.42 Å². The highest BCUT2D eigenvalue weighted by Crippen LogP contribution is 2.24. The Morgan fingerprint density at radius 3 is 2.50 bits per heavy atom. The molecule has 1 aromatic carbocycles. The maximum Gasteiger partial charge on any atom is 0.324 e. The van der Waals surface area contributed by atoms with Gasteiger partial charge >= 0.3 is 5.92 Å². The highest BCUT2D eigenvalue weighted by molar-refractivity contribution is 6.65. The van der Waals surface area contributed by atoms with Gasteiger partial charge in [-0.15, -0.1) is 0 Å². The van der Waals surface area contributed by atoms with E-state index in [2.05, 4.69) is 0 Å². The Labute approximate surface area is 85.7 Å². The number of hydrogen-bond donors (Lipinski definition) is 0. The molecule has 1 rings (SSSR count). The van der Waals surface area contributed by atoms with Crippen LogP contribution in [0, 0.1) is 6.92 Å². The van der Waals surface area contributed by atoms with Crippen molar-refractivity contribution >= 4 is 16.8 Å². The standard InChI is InChI=1S/C10H9ClF2O/c1-7-4-2-3-5-8(7)6-10(12,13)9(11)14/h2-5H,6H2,1H3. The number of alkyl halides is 2. The van der Waals surface area contributed by atoms with Crippen LogP contribution in [0.1, 0.15) is 11.1 Å². The first-order valence-corrected chi connectivity index (χ1v) is 4.43. The first-order chi connectivity index (χ1) is 6.43. The average molecular weight is 219 g/mol. The lowest BCUT2D eigenvalue weighted by atomic mass is 10.0. The summed E-state index contributed by atoms with van der Waals surface area (Å²) in [5.74, 6) is -3.48. The molecule has 0 aliphatic carbocycles. The summed E-state index contributed by atoms with van der Waals surface area (Å²) in [5.41, 5.74) is 1.16. The molecule has 0 amide bonds. The van der Waals surface area contributed by atoms with Crippen molar-refractivity contribution in [3.8, 4) is 0 Å². The molecule has 76 valence electrons. The number of carbonyl (C=O) groups is 1. The molecule has 0 bridgehead atoms. The predicted octanol–water partition coefficient (Wildman–Crippen LogP) is 2.94. The molecule has 0 atom stereocenters. The quantitative estimate of drug-likeness (QED) is 0.713. The summed E-state index contributed by atoms with van der Waals surface area (Å²) >= 11 is 4.78. The van der Waals surface area contributed by atoms with E-state index in [9.17, 15) is 13.6 Å². The van der Waals surface area contributed by atoms with E-state index in [0.29, 0.717) is 5.56 Å². The summed E-state index contributed by atoms with van der Waals surface area (Å²) < 4.78 is 25.9. The van der Waals surface area contributed by atoms with Gasteiger partial charge in [-0.05, 0) is 29.7 Å². The lowest BCUT2D eigenvalue weighted by molar-refractivity contribution is -0.133. The van der Waals surface area contributed by atoms with Crippen LogP contribution in [0.15, 0.2) is 24.3 Å². The summed E-state index contributed by atoms with van der Waals surface area (Å²) in [6.45, 7) is 1.71. The Morgan fingerprint density at radius 2 is 2.00 bits per heavy atom.